The Labute approximate surface area is 184 Å². The molecular weight excluding hydrogens is 372 g/mol. The molecule has 0 spiro atoms. The monoisotopic (exact) mass is 418 g/mol. The van der Waals surface area contributed by atoms with Crippen molar-refractivity contribution in [3.05, 3.63) is 0 Å². The molecule has 172 valence electrons. The van der Waals surface area contributed by atoms with Crippen molar-refractivity contribution in [1.29, 1.82) is 0 Å². The SMILES string of the molecule is CC(C)CC[C@@]1(O)O[C@H]2C[C@H]3[C@@H]4CCC5CC(O)CC[C@]5(C)[C@H]4CC[C@]3(C)[C@H]2[C@@H]1C. The van der Waals surface area contributed by atoms with Gasteiger partial charge in [-0.05, 0) is 104 Å². The van der Waals surface area contributed by atoms with Gasteiger partial charge in [-0.15, -0.1) is 0 Å². The summed E-state index contributed by atoms with van der Waals surface area (Å²) < 4.78 is 6.54. The third kappa shape index (κ3) is 3.00. The Balaban J connectivity index is 1.37. The van der Waals surface area contributed by atoms with Gasteiger partial charge in [0.05, 0.1) is 12.2 Å². The highest BCUT2D eigenvalue weighted by Crippen LogP contribution is 2.70. The van der Waals surface area contributed by atoms with Gasteiger partial charge < -0.3 is 14.9 Å². The summed E-state index contributed by atoms with van der Waals surface area (Å²) in [6, 6.07) is 0. The molecule has 1 saturated heterocycles. The highest BCUT2D eigenvalue weighted by Gasteiger charge is 2.68. The maximum atomic E-state index is 11.4. The first-order valence-electron chi connectivity index (χ1n) is 13.2. The minimum atomic E-state index is -0.909. The molecule has 0 bridgehead atoms. The molecule has 2 N–H and O–H groups in total. The zero-order valence-corrected chi connectivity index (χ0v) is 20.1. The second-order valence-corrected chi connectivity index (χ2v) is 13.1. The van der Waals surface area contributed by atoms with E-state index in [1.807, 2.05) is 0 Å². The van der Waals surface area contributed by atoms with Gasteiger partial charge in [0, 0.05) is 12.3 Å². The molecule has 1 aliphatic heterocycles. The summed E-state index contributed by atoms with van der Waals surface area (Å²) >= 11 is 0. The number of aliphatic hydroxyl groups excluding tert-OH is 1. The van der Waals surface area contributed by atoms with Crippen molar-refractivity contribution >= 4 is 0 Å². The maximum absolute atomic E-state index is 11.4. The molecule has 4 saturated carbocycles. The average molecular weight is 419 g/mol. The number of ether oxygens (including phenoxy) is 1. The topological polar surface area (TPSA) is 49.7 Å². The highest BCUT2D eigenvalue weighted by molar-refractivity contribution is 5.14. The van der Waals surface area contributed by atoms with E-state index in [0.717, 1.165) is 49.4 Å². The van der Waals surface area contributed by atoms with Crippen LogP contribution in [-0.2, 0) is 4.74 Å². The maximum Gasteiger partial charge on any atom is 0.168 e. The van der Waals surface area contributed by atoms with Crippen LogP contribution in [0, 0.1) is 52.3 Å². The molecule has 0 amide bonds. The van der Waals surface area contributed by atoms with Crippen LogP contribution in [0.4, 0.5) is 0 Å². The Morgan fingerprint density at radius 3 is 2.43 bits per heavy atom. The summed E-state index contributed by atoms with van der Waals surface area (Å²) in [5.41, 5.74) is 0.761. The molecule has 3 heteroatoms. The molecule has 0 aromatic carbocycles. The quantitative estimate of drug-likeness (QED) is 0.611. The third-order valence-electron chi connectivity index (χ3n) is 11.4. The van der Waals surface area contributed by atoms with Crippen molar-refractivity contribution in [3.8, 4) is 0 Å². The fourth-order valence-corrected chi connectivity index (χ4v) is 9.71. The van der Waals surface area contributed by atoms with Crippen LogP contribution in [0.3, 0.4) is 0 Å². The first kappa shape index (κ1) is 21.7. The van der Waals surface area contributed by atoms with Gasteiger partial charge in [0.15, 0.2) is 5.79 Å². The lowest BCUT2D eigenvalue weighted by Gasteiger charge is -2.61. The van der Waals surface area contributed by atoms with Crippen LogP contribution >= 0.6 is 0 Å². The lowest BCUT2D eigenvalue weighted by Crippen LogP contribution is -2.54. The van der Waals surface area contributed by atoms with Gasteiger partial charge in [-0.2, -0.15) is 0 Å². The standard InChI is InChI=1S/C27H46O3/c1-16(2)8-13-27(29)17(3)24-23(30-27)15-22-20-7-6-18-14-19(28)9-11-25(18,4)21(20)10-12-26(22,24)5/h16-24,28-29H,6-15H2,1-5H3/t17-,18?,19?,20+,21-,22-,23-,24-,25-,26-,27+/m0/s1. The largest absolute Gasteiger partial charge is 0.393 e. The van der Waals surface area contributed by atoms with Crippen molar-refractivity contribution in [3.63, 3.8) is 0 Å². The highest BCUT2D eigenvalue weighted by atomic mass is 16.6. The van der Waals surface area contributed by atoms with Gasteiger partial charge in [-0.25, -0.2) is 0 Å². The predicted molar refractivity (Wildman–Crippen MR) is 120 cm³/mol. The van der Waals surface area contributed by atoms with Crippen LogP contribution in [0.15, 0.2) is 0 Å². The van der Waals surface area contributed by atoms with E-state index < -0.39 is 5.79 Å². The molecule has 5 aliphatic rings. The van der Waals surface area contributed by atoms with Gasteiger partial charge in [0.25, 0.3) is 0 Å². The van der Waals surface area contributed by atoms with Gasteiger partial charge in [-0.3, -0.25) is 0 Å². The van der Waals surface area contributed by atoms with Gasteiger partial charge in [0.1, 0.15) is 0 Å². The minimum absolute atomic E-state index is 0.0583. The molecule has 0 aromatic heterocycles. The van der Waals surface area contributed by atoms with Crippen LogP contribution in [0.2, 0.25) is 0 Å². The zero-order valence-electron chi connectivity index (χ0n) is 20.1. The molecule has 5 fully saturated rings. The Kier molecular flexibility index (Phi) is 5.20. The van der Waals surface area contributed by atoms with Crippen LogP contribution in [-0.4, -0.2) is 28.2 Å². The summed E-state index contributed by atoms with van der Waals surface area (Å²) in [6.45, 7) is 11.9. The fourth-order valence-electron chi connectivity index (χ4n) is 9.71. The summed E-state index contributed by atoms with van der Waals surface area (Å²) in [7, 11) is 0. The molecule has 3 nitrogen and oxygen atoms in total. The normalized spacial score (nSPS) is 57.6. The van der Waals surface area contributed by atoms with Crippen molar-refractivity contribution in [2.75, 3.05) is 0 Å². The lowest BCUT2D eigenvalue weighted by molar-refractivity contribution is -0.221. The fraction of sp³-hybridized carbons (Fsp3) is 1.00. The van der Waals surface area contributed by atoms with E-state index in [1.54, 1.807) is 0 Å². The second-order valence-electron chi connectivity index (χ2n) is 13.1. The number of fused-ring (bicyclic) bond motifs is 7. The molecule has 2 unspecified atom stereocenters. The first-order valence-corrected chi connectivity index (χ1v) is 13.2. The van der Waals surface area contributed by atoms with Crippen molar-refractivity contribution < 1.29 is 14.9 Å². The molecule has 0 aromatic rings. The molecule has 0 radical (unpaired) electrons. The second kappa shape index (κ2) is 7.19. The summed E-state index contributed by atoms with van der Waals surface area (Å²) in [4.78, 5) is 0. The van der Waals surface area contributed by atoms with Crippen LogP contribution in [0.25, 0.3) is 0 Å². The smallest absolute Gasteiger partial charge is 0.168 e. The number of rotatable bonds is 3. The van der Waals surface area contributed by atoms with Crippen molar-refractivity contribution in [1.82, 2.24) is 0 Å². The molecule has 1 heterocycles. The number of hydrogen-bond acceptors (Lipinski definition) is 3. The molecule has 30 heavy (non-hydrogen) atoms. The third-order valence-corrected chi connectivity index (χ3v) is 11.4. The summed E-state index contributed by atoms with van der Waals surface area (Å²) in [6.07, 6.45) is 11.8. The van der Waals surface area contributed by atoms with Gasteiger partial charge in [-0.1, -0.05) is 34.6 Å². The minimum Gasteiger partial charge on any atom is -0.393 e. The van der Waals surface area contributed by atoms with Crippen LogP contribution in [0.5, 0.6) is 0 Å². The zero-order chi connectivity index (χ0) is 21.5. The van der Waals surface area contributed by atoms with E-state index in [1.165, 1.54) is 38.5 Å². The Hall–Kier alpha value is -0.120. The van der Waals surface area contributed by atoms with Crippen molar-refractivity contribution in [2.24, 2.45) is 52.3 Å². The summed E-state index contributed by atoms with van der Waals surface area (Å²) in [5, 5.41) is 21.7. The number of aliphatic hydroxyl groups is 2. The van der Waals surface area contributed by atoms with E-state index in [9.17, 15) is 10.2 Å². The predicted octanol–water partition coefficient (Wildman–Crippen LogP) is 5.78. The average Bonchev–Trinajstić information content (AvgIpc) is 3.11. The summed E-state index contributed by atoms with van der Waals surface area (Å²) in [5.74, 6) is 3.59. The lowest BCUT2D eigenvalue weighted by atomic mass is 9.44. The molecular formula is C27H46O3. The first-order chi connectivity index (χ1) is 14.1. The number of hydrogen-bond donors (Lipinski definition) is 2. The van der Waals surface area contributed by atoms with Crippen LogP contribution in [0.1, 0.15) is 98.8 Å². The van der Waals surface area contributed by atoms with E-state index in [4.69, 9.17) is 4.74 Å². The van der Waals surface area contributed by atoms with Crippen molar-refractivity contribution in [2.45, 2.75) is 117 Å². The Morgan fingerprint density at radius 2 is 1.70 bits per heavy atom. The van der Waals surface area contributed by atoms with Gasteiger partial charge >= 0.3 is 0 Å². The van der Waals surface area contributed by atoms with E-state index in [2.05, 4.69) is 34.6 Å². The van der Waals surface area contributed by atoms with Crippen LogP contribution < -0.4 is 0 Å². The van der Waals surface area contributed by atoms with E-state index >= 15 is 0 Å². The van der Waals surface area contributed by atoms with E-state index in [-0.39, 0.29) is 18.1 Å². The van der Waals surface area contributed by atoms with E-state index in [0.29, 0.717) is 22.7 Å². The molecule has 5 rings (SSSR count). The Bertz CT molecular complexity index is 662. The molecule has 11 atom stereocenters. The Morgan fingerprint density at radius 1 is 0.967 bits per heavy atom. The molecule has 4 aliphatic carbocycles. The van der Waals surface area contributed by atoms with Gasteiger partial charge in [0.2, 0.25) is 0 Å².